The largest absolute Gasteiger partial charge is 0.494 e. The summed E-state index contributed by atoms with van der Waals surface area (Å²) in [5.74, 6) is 2.00. The maximum atomic E-state index is 13.9. The molecule has 1 aliphatic heterocycles. The van der Waals surface area contributed by atoms with E-state index in [0.717, 1.165) is 40.5 Å². The third-order valence-corrected chi connectivity index (χ3v) is 6.48. The second kappa shape index (κ2) is 10.3. The monoisotopic (exact) mass is 478 g/mol. The fourth-order valence-corrected chi connectivity index (χ4v) is 4.67. The van der Waals surface area contributed by atoms with Crippen molar-refractivity contribution in [1.82, 2.24) is 0 Å². The molecule has 0 bridgehead atoms. The minimum atomic E-state index is -0.197. The van der Waals surface area contributed by atoms with Crippen molar-refractivity contribution in [1.29, 1.82) is 0 Å². The van der Waals surface area contributed by atoms with Crippen molar-refractivity contribution in [3.05, 3.63) is 102 Å². The van der Waals surface area contributed by atoms with Crippen molar-refractivity contribution in [2.24, 2.45) is 0 Å². The van der Waals surface area contributed by atoms with E-state index in [9.17, 15) is 4.79 Å². The number of rotatable bonds is 9. The first-order chi connectivity index (χ1) is 17.6. The van der Waals surface area contributed by atoms with Crippen LogP contribution in [0.15, 0.2) is 89.6 Å². The van der Waals surface area contributed by atoms with Gasteiger partial charge in [0.25, 0.3) is 0 Å². The highest BCUT2D eigenvalue weighted by molar-refractivity contribution is 6.17. The third kappa shape index (κ3) is 4.59. The molecule has 4 aromatic rings. The van der Waals surface area contributed by atoms with E-state index >= 15 is 0 Å². The molecule has 0 radical (unpaired) electrons. The molecule has 0 N–H and O–H groups in total. The highest BCUT2D eigenvalue weighted by atomic mass is 16.5. The van der Waals surface area contributed by atoms with Crippen LogP contribution in [-0.4, -0.2) is 12.4 Å². The zero-order valence-corrected chi connectivity index (χ0v) is 20.8. The van der Waals surface area contributed by atoms with Gasteiger partial charge in [0.15, 0.2) is 5.76 Å². The molecule has 182 valence electrons. The van der Waals surface area contributed by atoms with E-state index in [2.05, 4.69) is 13.5 Å². The van der Waals surface area contributed by atoms with E-state index in [-0.39, 0.29) is 11.5 Å². The number of carbonyl (C=O) groups excluding carboxylic acids is 1. The lowest BCUT2D eigenvalue weighted by molar-refractivity contribution is 0.101. The van der Waals surface area contributed by atoms with Crippen LogP contribution in [0.25, 0.3) is 27.7 Å². The zero-order chi connectivity index (χ0) is 25.1. The maximum Gasteiger partial charge on any atom is 0.229 e. The molecule has 4 heteroatoms. The molecule has 0 amide bonds. The van der Waals surface area contributed by atoms with Gasteiger partial charge in [0.05, 0.1) is 12.0 Å². The summed E-state index contributed by atoms with van der Waals surface area (Å²) in [6.07, 6.45) is 6.44. The molecule has 0 aliphatic carbocycles. The lowest BCUT2D eigenvalue weighted by Crippen LogP contribution is -2.04. The number of ketones is 1. The molecular weight excluding hydrogens is 448 g/mol. The first kappa shape index (κ1) is 23.7. The number of allylic oxidation sites excluding steroid dienone is 2. The molecule has 0 fully saturated rings. The molecule has 0 unspecified atom stereocenters. The van der Waals surface area contributed by atoms with Crippen LogP contribution in [0.1, 0.15) is 61.2 Å². The molecule has 5 rings (SSSR count). The van der Waals surface area contributed by atoms with Gasteiger partial charge in [0.2, 0.25) is 5.78 Å². The van der Waals surface area contributed by atoms with Crippen LogP contribution >= 0.6 is 0 Å². The van der Waals surface area contributed by atoms with Gasteiger partial charge in [-0.1, -0.05) is 75.2 Å². The standard InChI is InChI=1S/C32H30O4/c1-4-5-6-10-18-34-25-15-11-14-24(20-25)30(33)32-28(23-12-8-7-9-13-23)29-27(36-32)17-16-26-21(2)19-22(3)35-31(26)29/h7-9,11-17,19-20H,3-6,10,18H2,1-2H3. The Hall–Kier alpha value is -4.05. The Labute approximate surface area is 211 Å². The highest BCUT2D eigenvalue weighted by Crippen LogP contribution is 2.46. The number of benzene rings is 3. The van der Waals surface area contributed by atoms with Gasteiger partial charge in [0.1, 0.15) is 22.8 Å². The molecular formula is C32H30O4. The average molecular weight is 479 g/mol. The summed E-state index contributed by atoms with van der Waals surface area (Å²) < 4.78 is 18.3. The molecule has 4 nitrogen and oxygen atoms in total. The molecule has 0 saturated carbocycles. The molecule has 2 heterocycles. The van der Waals surface area contributed by atoms with Crippen LogP contribution in [0.5, 0.6) is 11.5 Å². The van der Waals surface area contributed by atoms with Gasteiger partial charge in [0, 0.05) is 16.7 Å². The first-order valence-electron chi connectivity index (χ1n) is 12.5. The van der Waals surface area contributed by atoms with E-state index in [1.165, 1.54) is 12.8 Å². The molecule has 36 heavy (non-hydrogen) atoms. The molecule has 1 aromatic heterocycles. The van der Waals surface area contributed by atoms with Gasteiger partial charge in [-0.2, -0.15) is 0 Å². The van der Waals surface area contributed by atoms with E-state index in [1.54, 1.807) is 12.1 Å². The normalized spacial score (nSPS) is 12.7. The Morgan fingerprint density at radius 1 is 0.972 bits per heavy atom. The van der Waals surface area contributed by atoms with Crippen LogP contribution in [0.3, 0.4) is 0 Å². The van der Waals surface area contributed by atoms with Crippen LogP contribution in [-0.2, 0) is 0 Å². The number of unbranched alkanes of at least 4 members (excludes halogenated alkanes) is 3. The molecule has 1 aliphatic rings. The van der Waals surface area contributed by atoms with Crippen LogP contribution in [0, 0.1) is 0 Å². The number of ether oxygens (including phenoxy) is 2. The van der Waals surface area contributed by atoms with E-state index < -0.39 is 0 Å². The molecule has 3 aromatic carbocycles. The lowest BCUT2D eigenvalue weighted by Gasteiger charge is -2.18. The Balaban J connectivity index is 1.58. The number of hydrogen-bond acceptors (Lipinski definition) is 4. The van der Waals surface area contributed by atoms with Crippen LogP contribution in [0.4, 0.5) is 0 Å². The van der Waals surface area contributed by atoms with Crippen molar-refractivity contribution in [2.75, 3.05) is 6.61 Å². The van der Waals surface area contributed by atoms with Crippen LogP contribution < -0.4 is 9.47 Å². The topological polar surface area (TPSA) is 48.7 Å². The first-order valence-corrected chi connectivity index (χ1v) is 12.5. The second-order valence-corrected chi connectivity index (χ2v) is 9.15. The Morgan fingerprint density at radius 2 is 1.81 bits per heavy atom. The third-order valence-electron chi connectivity index (χ3n) is 6.48. The number of carbonyl (C=O) groups is 1. The average Bonchev–Trinajstić information content (AvgIpc) is 3.29. The van der Waals surface area contributed by atoms with Gasteiger partial charge in [-0.25, -0.2) is 0 Å². The number of fused-ring (bicyclic) bond motifs is 3. The Morgan fingerprint density at radius 3 is 2.61 bits per heavy atom. The zero-order valence-electron chi connectivity index (χ0n) is 20.8. The summed E-state index contributed by atoms with van der Waals surface area (Å²) in [6.45, 7) is 8.86. The van der Waals surface area contributed by atoms with Gasteiger partial charge < -0.3 is 13.9 Å². The van der Waals surface area contributed by atoms with E-state index in [1.807, 2.05) is 67.6 Å². The highest BCUT2D eigenvalue weighted by Gasteiger charge is 2.28. The Kier molecular flexibility index (Phi) is 6.77. The summed E-state index contributed by atoms with van der Waals surface area (Å²) in [5, 5.41) is 0.777. The van der Waals surface area contributed by atoms with E-state index in [4.69, 9.17) is 13.9 Å². The molecule has 0 saturated heterocycles. The van der Waals surface area contributed by atoms with Gasteiger partial charge in [-0.15, -0.1) is 0 Å². The smallest absolute Gasteiger partial charge is 0.229 e. The van der Waals surface area contributed by atoms with Crippen molar-refractivity contribution < 1.29 is 18.7 Å². The van der Waals surface area contributed by atoms with Gasteiger partial charge >= 0.3 is 0 Å². The van der Waals surface area contributed by atoms with Crippen LogP contribution in [0.2, 0.25) is 0 Å². The predicted molar refractivity (Wildman–Crippen MR) is 145 cm³/mol. The number of hydrogen-bond donors (Lipinski definition) is 0. The summed E-state index contributed by atoms with van der Waals surface area (Å²) in [5.41, 5.74) is 4.75. The fourth-order valence-electron chi connectivity index (χ4n) is 4.67. The predicted octanol–water partition coefficient (Wildman–Crippen LogP) is 8.60. The summed E-state index contributed by atoms with van der Waals surface area (Å²) in [7, 11) is 0. The summed E-state index contributed by atoms with van der Waals surface area (Å²) >= 11 is 0. The summed E-state index contributed by atoms with van der Waals surface area (Å²) in [4.78, 5) is 13.9. The van der Waals surface area contributed by atoms with E-state index in [0.29, 0.717) is 35.0 Å². The lowest BCUT2D eigenvalue weighted by atomic mass is 9.94. The van der Waals surface area contributed by atoms with Crippen molar-refractivity contribution in [2.45, 2.75) is 39.5 Å². The SMILES string of the molecule is C=C1C=C(C)c2ccc3oc(C(=O)c4cccc(OCCCCCC)c4)c(-c4ccccc4)c3c2O1. The van der Waals surface area contributed by atoms with Crippen molar-refractivity contribution >= 4 is 22.3 Å². The second-order valence-electron chi connectivity index (χ2n) is 9.15. The maximum absolute atomic E-state index is 13.9. The van der Waals surface area contributed by atoms with Crippen molar-refractivity contribution in [3.63, 3.8) is 0 Å². The molecule has 0 atom stereocenters. The minimum absolute atomic E-state index is 0.197. The summed E-state index contributed by atoms with van der Waals surface area (Å²) in [6, 6.07) is 21.0. The number of furan rings is 1. The Bertz CT molecular complexity index is 1460. The quantitative estimate of drug-likeness (QED) is 0.178. The van der Waals surface area contributed by atoms with Crippen molar-refractivity contribution in [3.8, 4) is 22.6 Å². The van der Waals surface area contributed by atoms with Gasteiger partial charge in [-0.05, 0) is 54.8 Å². The fraction of sp³-hybridized carbons (Fsp3) is 0.219. The minimum Gasteiger partial charge on any atom is -0.494 e. The molecule has 0 spiro atoms. The van der Waals surface area contributed by atoms with Gasteiger partial charge in [-0.3, -0.25) is 4.79 Å².